The minimum Gasteiger partial charge on any atom is -0.381 e. The van der Waals surface area contributed by atoms with Gasteiger partial charge in [0.2, 0.25) is 0 Å². The Bertz CT molecular complexity index is 548. The molecule has 0 bridgehead atoms. The molecule has 1 aromatic carbocycles. The van der Waals surface area contributed by atoms with Crippen molar-refractivity contribution in [3.63, 3.8) is 0 Å². The zero-order valence-electron chi connectivity index (χ0n) is 15.2. The van der Waals surface area contributed by atoms with Gasteiger partial charge in [-0.1, -0.05) is 57.5 Å². The van der Waals surface area contributed by atoms with Crippen LogP contribution in [-0.4, -0.2) is 33.4 Å². The molecule has 0 aromatic heterocycles. The summed E-state index contributed by atoms with van der Waals surface area (Å²) < 4.78 is 6.70. The van der Waals surface area contributed by atoms with Crippen LogP contribution in [0.25, 0.3) is 0 Å². The van der Waals surface area contributed by atoms with E-state index in [1.807, 2.05) is 42.1 Å². The highest BCUT2D eigenvalue weighted by atomic mass is 32.2. The van der Waals surface area contributed by atoms with Gasteiger partial charge >= 0.3 is 0 Å². The van der Waals surface area contributed by atoms with Crippen LogP contribution < -0.4 is 0 Å². The molecule has 1 saturated carbocycles. The minimum atomic E-state index is -0.950. The van der Waals surface area contributed by atoms with Gasteiger partial charge < -0.3 is 9.84 Å². The number of aliphatic hydroxyl groups is 1. The summed E-state index contributed by atoms with van der Waals surface area (Å²) in [5, 5.41) is 11.6. The van der Waals surface area contributed by atoms with Crippen LogP contribution in [0.3, 0.4) is 0 Å². The van der Waals surface area contributed by atoms with Crippen molar-refractivity contribution in [2.75, 3.05) is 12.0 Å². The Morgan fingerprint density at radius 3 is 2.67 bits per heavy atom. The van der Waals surface area contributed by atoms with Gasteiger partial charge in [0, 0.05) is 10.5 Å². The first-order chi connectivity index (χ1) is 11.4. The van der Waals surface area contributed by atoms with E-state index in [1.165, 1.54) is 12.8 Å². The molecule has 2 aliphatic rings. The zero-order valence-corrected chi connectivity index (χ0v) is 16.8. The number of benzene rings is 1. The van der Waals surface area contributed by atoms with Gasteiger partial charge in [-0.25, -0.2) is 0 Å². The van der Waals surface area contributed by atoms with Gasteiger partial charge in [-0.05, 0) is 36.5 Å². The van der Waals surface area contributed by atoms with E-state index in [2.05, 4.69) is 27.0 Å². The maximum absolute atomic E-state index is 11.6. The van der Waals surface area contributed by atoms with E-state index in [9.17, 15) is 5.11 Å². The lowest BCUT2D eigenvalue weighted by Gasteiger charge is -2.53. The van der Waals surface area contributed by atoms with E-state index in [0.29, 0.717) is 11.7 Å². The van der Waals surface area contributed by atoms with Gasteiger partial charge in [-0.2, -0.15) is 11.8 Å². The van der Waals surface area contributed by atoms with Crippen molar-refractivity contribution in [2.45, 2.75) is 61.9 Å². The number of fused-ring (bicyclic) bond motifs is 1. The number of hydrogen-bond acceptors (Lipinski definition) is 4. The van der Waals surface area contributed by atoms with Gasteiger partial charge in [-0.3, -0.25) is 0 Å². The smallest absolute Gasteiger partial charge is 0.137 e. The molecule has 0 amide bonds. The highest BCUT2D eigenvalue weighted by molar-refractivity contribution is 8.01. The van der Waals surface area contributed by atoms with Crippen molar-refractivity contribution in [3.05, 3.63) is 35.9 Å². The van der Waals surface area contributed by atoms with Gasteiger partial charge in [0.05, 0.1) is 6.10 Å². The van der Waals surface area contributed by atoms with E-state index < -0.39 is 5.60 Å². The number of thioether (sulfide) groups is 2. The molecule has 2 fully saturated rings. The largest absolute Gasteiger partial charge is 0.381 e. The maximum Gasteiger partial charge on any atom is 0.137 e. The Morgan fingerprint density at radius 2 is 2.00 bits per heavy atom. The molecule has 5 atom stereocenters. The van der Waals surface area contributed by atoms with Crippen molar-refractivity contribution in [1.82, 2.24) is 0 Å². The Labute approximate surface area is 155 Å². The SMILES string of the molecule is CSC[C@@](O)(c1ccccc1)[C@@H]1O[C@@H]2C[C@H](C)CC[C@H]2C(C)(C)S1. The maximum atomic E-state index is 11.6. The topological polar surface area (TPSA) is 29.5 Å². The Balaban J connectivity index is 1.91. The molecule has 4 heteroatoms. The molecule has 1 aliphatic heterocycles. The summed E-state index contributed by atoms with van der Waals surface area (Å²) in [5.41, 5.74) is -0.197. The van der Waals surface area contributed by atoms with Crippen LogP contribution in [0.4, 0.5) is 0 Å². The second kappa shape index (κ2) is 7.22. The number of hydrogen-bond donors (Lipinski definition) is 1. The molecule has 2 nitrogen and oxygen atoms in total. The lowest BCUT2D eigenvalue weighted by molar-refractivity contribution is -0.128. The van der Waals surface area contributed by atoms with Gasteiger partial charge in [0.1, 0.15) is 11.0 Å². The van der Waals surface area contributed by atoms with Crippen LogP contribution in [0.2, 0.25) is 0 Å². The van der Waals surface area contributed by atoms with Crippen molar-refractivity contribution < 1.29 is 9.84 Å². The molecule has 1 N–H and O–H groups in total. The first-order valence-corrected chi connectivity index (χ1v) is 11.2. The third-order valence-electron chi connectivity index (χ3n) is 5.68. The van der Waals surface area contributed by atoms with E-state index in [0.717, 1.165) is 17.9 Å². The molecule has 24 heavy (non-hydrogen) atoms. The van der Waals surface area contributed by atoms with Gasteiger partial charge in [-0.15, -0.1) is 11.8 Å². The molecular formula is C20H30O2S2. The predicted octanol–water partition coefficient (Wildman–Crippen LogP) is 4.91. The average Bonchev–Trinajstić information content (AvgIpc) is 2.54. The first kappa shape index (κ1) is 18.6. The van der Waals surface area contributed by atoms with E-state index in [1.54, 1.807) is 11.8 Å². The lowest BCUT2D eigenvalue weighted by atomic mass is 9.74. The Hall–Kier alpha value is -0.160. The van der Waals surface area contributed by atoms with Crippen LogP contribution in [-0.2, 0) is 10.3 Å². The summed E-state index contributed by atoms with van der Waals surface area (Å²) in [5.74, 6) is 1.96. The fraction of sp³-hybridized carbons (Fsp3) is 0.700. The standard InChI is InChI=1S/C20H30O2S2/c1-14-10-11-16-17(12-14)22-18(24-19(16,2)3)20(21,13-23-4)15-8-6-5-7-9-15/h5-9,14,16-18,21H,10-13H2,1-4H3/t14-,16-,17-,18-,20-/m1/s1. The van der Waals surface area contributed by atoms with Crippen LogP contribution in [0.1, 0.15) is 45.6 Å². The molecule has 0 unspecified atom stereocenters. The van der Waals surface area contributed by atoms with Crippen LogP contribution >= 0.6 is 23.5 Å². The monoisotopic (exact) mass is 366 g/mol. The number of ether oxygens (including phenoxy) is 1. The van der Waals surface area contributed by atoms with Crippen molar-refractivity contribution in [1.29, 1.82) is 0 Å². The summed E-state index contributed by atoms with van der Waals surface area (Å²) in [4.78, 5) is 0. The second-order valence-electron chi connectivity index (χ2n) is 7.98. The molecule has 134 valence electrons. The van der Waals surface area contributed by atoms with Gasteiger partial charge in [0.15, 0.2) is 0 Å². The average molecular weight is 367 g/mol. The van der Waals surface area contributed by atoms with Crippen LogP contribution in [0.15, 0.2) is 30.3 Å². The van der Waals surface area contributed by atoms with Crippen LogP contribution in [0, 0.1) is 11.8 Å². The molecule has 1 heterocycles. The Kier molecular flexibility index (Phi) is 5.60. The fourth-order valence-corrected chi connectivity index (χ4v) is 6.74. The highest BCUT2D eigenvalue weighted by Gasteiger charge is 2.52. The van der Waals surface area contributed by atoms with E-state index in [4.69, 9.17) is 4.74 Å². The molecule has 3 rings (SSSR count). The highest BCUT2D eigenvalue weighted by Crippen LogP contribution is 2.54. The molecule has 0 spiro atoms. The van der Waals surface area contributed by atoms with Crippen molar-refractivity contribution in [3.8, 4) is 0 Å². The quantitative estimate of drug-likeness (QED) is 0.820. The molecule has 0 radical (unpaired) electrons. The summed E-state index contributed by atoms with van der Waals surface area (Å²) in [6, 6.07) is 10.1. The third-order valence-corrected chi connectivity index (χ3v) is 8.04. The molecule has 1 saturated heterocycles. The first-order valence-electron chi connectivity index (χ1n) is 8.97. The summed E-state index contributed by atoms with van der Waals surface area (Å²) >= 11 is 3.52. The number of rotatable bonds is 4. The Morgan fingerprint density at radius 1 is 1.29 bits per heavy atom. The molecular weight excluding hydrogens is 336 g/mol. The van der Waals surface area contributed by atoms with Crippen molar-refractivity contribution in [2.24, 2.45) is 11.8 Å². The summed E-state index contributed by atoms with van der Waals surface area (Å²) in [6.45, 7) is 7.01. The van der Waals surface area contributed by atoms with Gasteiger partial charge in [0.25, 0.3) is 0 Å². The summed E-state index contributed by atoms with van der Waals surface area (Å²) in [7, 11) is 0. The fourth-order valence-electron chi connectivity index (χ4n) is 4.27. The minimum absolute atomic E-state index is 0.134. The van der Waals surface area contributed by atoms with E-state index in [-0.39, 0.29) is 16.3 Å². The molecule has 1 aromatic rings. The van der Waals surface area contributed by atoms with Crippen LogP contribution in [0.5, 0.6) is 0 Å². The molecule has 1 aliphatic carbocycles. The third kappa shape index (κ3) is 3.53. The second-order valence-corrected chi connectivity index (χ2v) is 10.6. The zero-order chi connectivity index (χ0) is 17.4. The lowest BCUT2D eigenvalue weighted by Crippen LogP contribution is -2.55. The predicted molar refractivity (Wildman–Crippen MR) is 106 cm³/mol. The van der Waals surface area contributed by atoms with E-state index >= 15 is 0 Å². The van der Waals surface area contributed by atoms with Crippen molar-refractivity contribution >= 4 is 23.5 Å². The summed E-state index contributed by atoms with van der Waals surface area (Å²) in [6.07, 6.45) is 5.98. The normalized spacial score (nSPS) is 35.0.